The quantitative estimate of drug-likeness (QED) is 0.566. The van der Waals surface area contributed by atoms with Crippen molar-refractivity contribution in [1.29, 1.82) is 0 Å². The van der Waals surface area contributed by atoms with Gasteiger partial charge in [-0.25, -0.2) is 0 Å². The second-order valence-electron chi connectivity index (χ2n) is 5.54. The first-order chi connectivity index (χ1) is 7.70. The number of nitrogens with zero attached hydrogens (tertiary/aromatic N) is 1. The van der Waals surface area contributed by atoms with E-state index >= 15 is 0 Å². The van der Waals surface area contributed by atoms with E-state index in [1.807, 2.05) is 0 Å². The molecule has 2 bridgehead atoms. The molecule has 16 heavy (non-hydrogen) atoms. The first-order valence-electron chi connectivity index (χ1n) is 6.77. The van der Waals surface area contributed by atoms with E-state index in [0.29, 0.717) is 12.0 Å². The second-order valence-corrected chi connectivity index (χ2v) is 5.54. The molecule has 2 saturated carbocycles. The second kappa shape index (κ2) is 5.07. The van der Waals surface area contributed by atoms with E-state index in [4.69, 9.17) is 5.73 Å². The number of fused-ring (bicyclic) bond motifs is 2. The number of hydrogen-bond acceptors (Lipinski definition) is 1. The molecule has 4 atom stereocenters. The third-order valence-electron chi connectivity index (χ3n) is 4.32. The number of rotatable bonds is 4. The Labute approximate surface area is 98.9 Å². The van der Waals surface area contributed by atoms with Gasteiger partial charge in [0, 0.05) is 12.6 Å². The van der Waals surface area contributed by atoms with Gasteiger partial charge < -0.3 is 11.1 Å². The molecule has 2 fully saturated rings. The predicted molar refractivity (Wildman–Crippen MR) is 68.3 cm³/mol. The smallest absolute Gasteiger partial charge is 0.188 e. The Hall–Kier alpha value is -0.730. The van der Waals surface area contributed by atoms with Gasteiger partial charge in [-0.3, -0.25) is 4.99 Å². The summed E-state index contributed by atoms with van der Waals surface area (Å²) in [5.41, 5.74) is 5.87. The summed E-state index contributed by atoms with van der Waals surface area (Å²) in [6.07, 6.45) is 6.83. The summed E-state index contributed by atoms with van der Waals surface area (Å²) in [5.74, 6) is 3.42. The summed E-state index contributed by atoms with van der Waals surface area (Å²) < 4.78 is 0. The number of nitrogens with one attached hydrogen (secondary N) is 1. The lowest BCUT2D eigenvalue weighted by Crippen LogP contribution is -2.44. The van der Waals surface area contributed by atoms with Crippen LogP contribution in [-0.2, 0) is 0 Å². The fraction of sp³-hybridized carbons (Fsp3) is 0.923. The summed E-state index contributed by atoms with van der Waals surface area (Å²) in [4.78, 5) is 4.30. The predicted octanol–water partition coefficient (Wildman–Crippen LogP) is 2.13. The largest absolute Gasteiger partial charge is 0.370 e. The summed E-state index contributed by atoms with van der Waals surface area (Å²) in [5, 5.41) is 3.37. The van der Waals surface area contributed by atoms with Crippen LogP contribution in [0.15, 0.2) is 4.99 Å². The lowest BCUT2D eigenvalue weighted by atomic mass is 9.84. The molecule has 0 saturated heterocycles. The van der Waals surface area contributed by atoms with Crippen LogP contribution in [0.1, 0.15) is 46.0 Å². The maximum atomic E-state index is 5.87. The molecule has 0 aromatic heterocycles. The van der Waals surface area contributed by atoms with Crippen molar-refractivity contribution in [2.75, 3.05) is 6.54 Å². The molecular formula is C13H25N3. The zero-order valence-corrected chi connectivity index (χ0v) is 10.6. The average Bonchev–Trinajstić information content (AvgIpc) is 2.87. The minimum absolute atomic E-state index is 0.496. The van der Waals surface area contributed by atoms with Crippen LogP contribution >= 0.6 is 0 Å². The fourth-order valence-electron chi connectivity index (χ4n) is 3.52. The molecule has 0 aliphatic heterocycles. The molecule has 0 aromatic carbocycles. The SMILES string of the molecule is CCCN=C(N)NC(C)C1CC2CCC1C2. The molecule has 2 aliphatic rings. The summed E-state index contributed by atoms with van der Waals surface area (Å²) >= 11 is 0. The normalized spacial score (nSPS) is 35.4. The molecule has 3 nitrogen and oxygen atoms in total. The minimum atomic E-state index is 0.496. The van der Waals surface area contributed by atoms with E-state index in [1.54, 1.807) is 0 Å². The number of hydrogen-bond donors (Lipinski definition) is 2. The van der Waals surface area contributed by atoms with Gasteiger partial charge in [0.2, 0.25) is 0 Å². The lowest BCUT2D eigenvalue weighted by molar-refractivity contribution is 0.278. The molecule has 2 aliphatic carbocycles. The Morgan fingerprint density at radius 3 is 2.81 bits per heavy atom. The Morgan fingerprint density at radius 2 is 2.25 bits per heavy atom. The van der Waals surface area contributed by atoms with E-state index in [1.165, 1.54) is 25.7 Å². The van der Waals surface area contributed by atoms with Gasteiger partial charge in [0.1, 0.15) is 0 Å². The van der Waals surface area contributed by atoms with Crippen LogP contribution in [0.3, 0.4) is 0 Å². The van der Waals surface area contributed by atoms with Crippen LogP contribution < -0.4 is 11.1 Å². The summed E-state index contributed by atoms with van der Waals surface area (Å²) in [7, 11) is 0. The van der Waals surface area contributed by atoms with Crippen LogP contribution in [0.25, 0.3) is 0 Å². The Kier molecular flexibility index (Phi) is 3.72. The molecule has 0 spiro atoms. The monoisotopic (exact) mass is 223 g/mol. The van der Waals surface area contributed by atoms with Crippen LogP contribution in [0.4, 0.5) is 0 Å². The molecule has 0 amide bonds. The summed E-state index contributed by atoms with van der Waals surface area (Å²) in [6, 6.07) is 0.496. The first-order valence-corrected chi connectivity index (χ1v) is 6.77. The van der Waals surface area contributed by atoms with Crippen molar-refractivity contribution in [3.05, 3.63) is 0 Å². The third kappa shape index (κ3) is 2.50. The first kappa shape index (κ1) is 11.7. The van der Waals surface area contributed by atoms with E-state index in [2.05, 4.69) is 24.2 Å². The van der Waals surface area contributed by atoms with Crippen molar-refractivity contribution in [3.8, 4) is 0 Å². The van der Waals surface area contributed by atoms with Crippen molar-refractivity contribution >= 4 is 5.96 Å². The zero-order valence-electron chi connectivity index (χ0n) is 10.6. The van der Waals surface area contributed by atoms with Gasteiger partial charge in [-0.15, -0.1) is 0 Å². The molecule has 0 aromatic rings. The zero-order chi connectivity index (χ0) is 11.5. The molecule has 0 radical (unpaired) electrons. The molecule has 3 heteroatoms. The fourth-order valence-corrected chi connectivity index (χ4v) is 3.52. The highest BCUT2D eigenvalue weighted by molar-refractivity contribution is 5.78. The van der Waals surface area contributed by atoms with Gasteiger partial charge in [-0.2, -0.15) is 0 Å². The lowest BCUT2D eigenvalue weighted by Gasteiger charge is -2.28. The standard InChI is InChI=1S/C13H25N3/c1-3-6-15-13(14)16-9(2)12-8-10-4-5-11(12)7-10/h9-12H,3-8H2,1-2H3,(H3,14,15,16). The van der Waals surface area contributed by atoms with E-state index < -0.39 is 0 Å². The Balaban J connectivity index is 1.82. The van der Waals surface area contributed by atoms with Gasteiger partial charge in [-0.1, -0.05) is 13.3 Å². The van der Waals surface area contributed by atoms with Crippen molar-refractivity contribution in [2.45, 2.75) is 52.0 Å². The van der Waals surface area contributed by atoms with Crippen LogP contribution in [0.2, 0.25) is 0 Å². The molecule has 2 rings (SSSR count). The Morgan fingerprint density at radius 1 is 1.44 bits per heavy atom. The highest BCUT2D eigenvalue weighted by Gasteiger charge is 2.41. The summed E-state index contributed by atoms with van der Waals surface area (Å²) in [6.45, 7) is 5.22. The molecular weight excluding hydrogens is 198 g/mol. The highest BCUT2D eigenvalue weighted by atomic mass is 15.1. The van der Waals surface area contributed by atoms with Crippen molar-refractivity contribution in [3.63, 3.8) is 0 Å². The number of guanidine groups is 1. The van der Waals surface area contributed by atoms with E-state index in [9.17, 15) is 0 Å². The van der Waals surface area contributed by atoms with Gasteiger partial charge in [0.15, 0.2) is 5.96 Å². The molecule has 3 N–H and O–H groups in total. The van der Waals surface area contributed by atoms with E-state index in [-0.39, 0.29) is 0 Å². The maximum Gasteiger partial charge on any atom is 0.188 e. The van der Waals surface area contributed by atoms with Crippen LogP contribution in [-0.4, -0.2) is 18.5 Å². The van der Waals surface area contributed by atoms with Crippen molar-refractivity contribution in [1.82, 2.24) is 5.32 Å². The van der Waals surface area contributed by atoms with Crippen molar-refractivity contribution in [2.24, 2.45) is 28.5 Å². The highest BCUT2D eigenvalue weighted by Crippen LogP contribution is 2.49. The van der Waals surface area contributed by atoms with Gasteiger partial charge >= 0.3 is 0 Å². The van der Waals surface area contributed by atoms with Gasteiger partial charge in [0.25, 0.3) is 0 Å². The van der Waals surface area contributed by atoms with Crippen LogP contribution in [0, 0.1) is 17.8 Å². The average molecular weight is 223 g/mol. The molecule has 0 heterocycles. The van der Waals surface area contributed by atoms with Crippen LogP contribution in [0.5, 0.6) is 0 Å². The van der Waals surface area contributed by atoms with Crippen molar-refractivity contribution < 1.29 is 0 Å². The topological polar surface area (TPSA) is 50.4 Å². The number of aliphatic imine (C=N–C) groups is 1. The number of nitrogens with two attached hydrogens (primary N) is 1. The molecule has 92 valence electrons. The third-order valence-corrected chi connectivity index (χ3v) is 4.32. The minimum Gasteiger partial charge on any atom is -0.370 e. The maximum absolute atomic E-state index is 5.87. The van der Waals surface area contributed by atoms with E-state index in [0.717, 1.165) is 30.7 Å². The van der Waals surface area contributed by atoms with Gasteiger partial charge in [0.05, 0.1) is 0 Å². The Bertz CT molecular complexity index is 262. The van der Waals surface area contributed by atoms with Gasteiger partial charge in [-0.05, 0) is 50.4 Å². The molecule has 4 unspecified atom stereocenters.